The van der Waals surface area contributed by atoms with Crippen LogP contribution < -0.4 is 43.1 Å². The van der Waals surface area contributed by atoms with Gasteiger partial charge in [-0.1, -0.05) is 126 Å². The summed E-state index contributed by atoms with van der Waals surface area (Å²) in [4.78, 5) is 25.1. The molecular formula is C48H66Br2N2O4. The summed E-state index contributed by atoms with van der Waals surface area (Å²) in [5.74, 6) is -0.546. The third-order valence-electron chi connectivity index (χ3n) is 10.2. The lowest BCUT2D eigenvalue weighted by Crippen LogP contribution is -3.00. The van der Waals surface area contributed by atoms with Gasteiger partial charge in [-0.15, -0.1) is 0 Å². The Morgan fingerprint density at radius 3 is 0.929 bits per heavy atom. The zero-order valence-electron chi connectivity index (χ0n) is 33.6. The second kappa shape index (κ2) is 31.7. The molecule has 4 rings (SSSR count). The Labute approximate surface area is 359 Å². The first kappa shape index (κ1) is 48.8. The fraction of sp³-hybridized carbons (Fsp3) is 0.500. The maximum Gasteiger partial charge on any atom is 0.338 e. The van der Waals surface area contributed by atoms with Crippen molar-refractivity contribution >= 4 is 11.9 Å². The third-order valence-corrected chi connectivity index (χ3v) is 10.2. The number of benzene rings is 2. The Morgan fingerprint density at radius 2 is 0.625 bits per heavy atom. The number of esters is 2. The topological polar surface area (TPSA) is 60.4 Å². The number of hydrogen-bond donors (Lipinski definition) is 0. The quantitative estimate of drug-likeness (QED) is 0.0414. The van der Waals surface area contributed by atoms with Gasteiger partial charge in [-0.3, -0.25) is 0 Å². The van der Waals surface area contributed by atoms with E-state index in [9.17, 15) is 9.59 Å². The van der Waals surface area contributed by atoms with Crippen molar-refractivity contribution in [2.24, 2.45) is 0 Å². The number of halogens is 2. The predicted octanol–water partition coefficient (Wildman–Crippen LogP) is 5.45. The summed E-state index contributed by atoms with van der Waals surface area (Å²) in [6, 6.07) is 27.5. The Morgan fingerprint density at radius 1 is 0.357 bits per heavy atom. The molecule has 0 saturated carbocycles. The van der Waals surface area contributed by atoms with Crippen molar-refractivity contribution in [1.82, 2.24) is 0 Å². The first-order valence-corrected chi connectivity index (χ1v) is 21.1. The van der Waals surface area contributed by atoms with E-state index in [1.165, 1.54) is 103 Å². The van der Waals surface area contributed by atoms with Crippen LogP contribution in [-0.4, -0.2) is 25.2 Å². The highest BCUT2D eigenvalue weighted by Crippen LogP contribution is 2.21. The van der Waals surface area contributed by atoms with E-state index >= 15 is 0 Å². The van der Waals surface area contributed by atoms with Gasteiger partial charge in [0.1, 0.15) is 13.1 Å². The van der Waals surface area contributed by atoms with E-state index in [2.05, 4.69) is 70.3 Å². The molecule has 0 atom stereocenters. The Kier molecular flexibility index (Phi) is 27.6. The number of rotatable bonds is 29. The molecule has 0 unspecified atom stereocenters. The number of ether oxygens (including phenoxy) is 2. The molecule has 0 spiro atoms. The first-order chi connectivity index (χ1) is 26.7. The minimum atomic E-state index is -0.273. The lowest BCUT2D eigenvalue weighted by Gasteiger charge is -2.08. The molecule has 6 nitrogen and oxygen atoms in total. The summed E-state index contributed by atoms with van der Waals surface area (Å²) < 4.78 is 15.6. The van der Waals surface area contributed by atoms with Gasteiger partial charge in [0.05, 0.1) is 24.3 Å². The van der Waals surface area contributed by atoms with Gasteiger partial charge in [-0.2, -0.15) is 0 Å². The van der Waals surface area contributed by atoms with E-state index in [4.69, 9.17) is 9.47 Å². The molecule has 4 aromatic rings. The van der Waals surface area contributed by atoms with Crippen LogP contribution >= 0.6 is 0 Å². The van der Waals surface area contributed by atoms with Gasteiger partial charge < -0.3 is 43.4 Å². The number of carbonyl (C=O) groups excluding carboxylic acids is 2. The molecule has 0 N–H and O–H groups in total. The molecule has 0 amide bonds. The van der Waals surface area contributed by atoms with E-state index in [-0.39, 0.29) is 45.9 Å². The molecule has 0 aliphatic rings. The second-order valence-corrected chi connectivity index (χ2v) is 14.7. The highest BCUT2D eigenvalue weighted by Gasteiger charge is 2.10. The Bertz CT molecular complexity index is 1440. The minimum Gasteiger partial charge on any atom is -1.00 e. The lowest BCUT2D eigenvalue weighted by atomic mass is 10.0. The van der Waals surface area contributed by atoms with E-state index in [1.807, 2.05) is 48.5 Å². The summed E-state index contributed by atoms with van der Waals surface area (Å²) in [6.45, 7) is 3.16. The van der Waals surface area contributed by atoms with Crippen molar-refractivity contribution in [3.63, 3.8) is 0 Å². The van der Waals surface area contributed by atoms with Gasteiger partial charge in [0.25, 0.3) is 0 Å². The normalized spacial score (nSPS) is 10.6. The molecule has 0 radical (unpaired) electrons. The highest BCUT2D eigenvalue weighted by molar-refractivity contribution is 5.91. The first-order valence-electron chi connectivity index (χ1n) is 21.1. The highest BCUT2D eigenvalue weighted by atomic mass is 79.9. The van der Waals surface area contributed by atoms with E-state index < -0.39 is 0 Å². The molecule has 306 valence electrons. The molecule has 2 aromatic heterocycles. The number of pyridine rings is 2. The molecule has 2 heterocycles. The van der Waals surface area contributed by atoms with Gasteiger partial charge in [0.2, 0.25) is 0 Å². The van der Waals surface area contributed by atoms with E-state index in [0.717, 1.165) is 49.9 Å². The molecule has 2 aromatic carbocycles. The number of unbranched alkanes of at least 4 members (excludes halogenated alkanes) is 18. The number of hydrogen-bond acceptors (Lipinski definition) is 4. The lowest BCUT2D eigenvalue weighted by molar-refractivity contribution is -0.697. The van der Waals surface area contributed by atoms with Gasteiger partial charge in [-0.25, -0.2) is 18.7 Å². The van der Waals surface area contributed by atoms with Crippen molar-refractivity contribution < 1.29 is 62.2 Å². The molecule has 0 fully saturated rings. The molecule has 0 bridgehead atoms. The van der Waals surface area contributed by atoms with E-state index in [0.29, 0.717) is 24.3 Å². The smallest absolute Gasteiger partial charge is 0.338 e. The molecular weight excluding hydrogens is 828 g/mol. The zero-order valence-corrected chi connectivity index (χ0v) is 36.8. The van der Waals surface area contributed by atoms with Crippen molar-refractivity contribution in [3.8, 4) is 11.1 Å². The summed E-state index contributed by atoms with van der Waals surface area (Å²) in [5.41, 5.74) is 3.09. The monoisotopic (exact) mass is 892 g/mol. The van der Waals surface area contributed by atoms with Gasteiger partial charge in [-0.05, 0) is 61.1 Å². The van der Waals surface area contributed by atoms with Crippen LogP contribution in [0, 0.1) is 0 Å². The van der Waals surface area contributed by atoms with Crippen LogP contribution in [0.25, 0.3) is 11.1 Å². The van der Waals surface area contributed by atoms with Gasteiger partial charge in [0, 0.05) is 37.1 Å². The number of aryl methyl sites for hydroxylation is 2. The maximum absolute atomic E-state index is 12.6. The number of carbonyl (C=O) groups is 2. The van der Waals surface area contributed by atoms with Crippen molar-refractivity contribution in [2.45, 2.75) is 142 Å². The largest absolute Gasteiger partial charge is 1.00 e. The SMILES string of the molecule is O=C(OCCCCCCCCCCCC[n+]1ccccc1)c1ccc(-c2ccc(C(=O)OCCCCCCCCCCCC[n+]3ccccc3)cc2)cc1.[Br-].[Br-]. The van der Waals surface area contributed by atoms with Crippen LogP contribution in [0.1, 0.15) is 149 Å². The van der Waals surface area contributed by atoms with Crippen LogP contribution in [0.4, 0.5) is 0 Å². The van der Waals surface area contributed by atoms with Crippen LogP contribution in [0.15, 0.2) is 110 Å². The average Bonchev–Trinajstić information content (AvgIpc) is 3.22. The summed E-state index contributed by atoms with van der Waals surface area (Å²) in [5, 5.41) is 0. The van der Waals surface area contributed by atoms with Gasteiger partial charge >= 0.3 is 11.9 Å². The molecule has 0 aliphatic heterocycles. The fourth-order valence-corrected chi connectivity index (χ4v) is 6.88. The Balaban J connectivity index is 0.00000541. The van der Waals surface area contributed by atoms with Crippen LogP contribution in [0.5, 0.6) is 0 Å². The van der Waals surface area contributed by atoms with Crippen molar-refractivity contribution in [1.29, 1.82) is 0 Å². The molecule has 56 heavy (non-hydrogen) atoms. The molecule has 0 aliphatic carbocycles. The van der Waals surface area contributed by atoms with Crippen molar-refractivity contribution in [3.05, 3.63) is 121 Å². The summed E-state index contributed by atoms with van der Waals surface area (Å²) in [7, 11) is 0. The third kappa shape index (κ3) is 21.2. The van der Waals surface area contributed by atoms with Gasteiger partial charge in [0.15, 0.2) is 24.8 Å². The summed E-state index contributed by atoms with van der Waals surface area (Å²) in [6.07, 6.45) is 33.1. The Hall–Kier alpha value is -3.36. The number of nitrogens with zero attached hydrogens (tertiary/aromatic N) is 2. The molecule has 8 heteroatoms. The fourth-order valence-electron chi connectivity index (χ4n) is 6.88. The average molecular weight is 895 g/mol. The van der Waals surface area contributed by atoms with Crippen LogP contribution in [0.2, 0.25) is 0 Å². The predicted molar refractivity (Wildman–Crippen MR) is 218 cm³/mol. The second-order valence-electron chi connectivity index (χ2n) is 14.7. The van der Waals surface area contributed by atoms with E-state index in [1.54, 1.807) is 0 Å². The number of aromatic nitrogens is 2. The maximum atomic E-state index is 12.6. The zero-order chi connectivity index (χ0) is 37.7. The van der Waals surface area contributed by atoms with Crippen molar-refractivity contribution in [2.75, 3.05) is 13.2 Å². The minimum absolute atomic E-state index is 0. The summed E-state index contributed by atoms with van der Waals surface area (Å²) >= 11 is 0. The standard InChI is InChI=1S/C48H66N2O4.2BrH/c51-47(53-41-25-15-11-7-3-1-5-9-13-19-35-49-37-21-17-22-38-49)45-31-27-43(28-32-45)44-29-33-46(34-30-44)48(52)54-42-26-16-12-8-4-2-6-10-14-20-36-50-39-23-18-24-40-50;;/h17-18,21-24,27-34,37-40H,1-16,19-20,25-26,35-36,41-42H2;2*1H/q+2;;/p-2. The van der Waals surface area contributed by atoms with Crippen LogP contribution in [0.3, 0.4) is 0 Å². The molecule has 0 saturated heterocycles. The van der Waals surface area contributed by atoms with Crippen LogP contribution in [-0.2, 0) is 22.6 Å².